The van der Waals surface area contributed by atoms with Gasteiger partial charge in [-0.1, -0.05) is 12.1 Å². The van der Waals surface area contributed by atoms with Crippen LogP contribution in [0.2, 0.25) is 0 Å². The Morgan fingerprint density at radius 3 is 2.94 bits per heavy atom. The van der Waals surface area contributed by atoms with Crippen LogP contribution in [-0.2, 0) is 11.3 Å². The van der Waals surface area contributed by atoms with Crippen molar-refractivity contribution >= 4 is 5.91 Å². The van der Waals surface area contributed by atoms with E-state index in [1.807, 2.05) is 31.2 Å². The molecule has 0 fully saturated rings. The zero-order valence-electron chi connectivity index (χ0n) is 9.75. The van der Waals surface area contributed by atoms with Crippen LogP contribution >= 0.6 is 0 Å². The van der Waals surface area contributed by atoms with E-state index < -0.39 is 0 Å². The average Bonchev–Trinajstić information content (AvgIpc) is 2.30. The van der Waals surface area contributed by atoms with Crippen molar-refractivity contribution in [2.75, 3.05) is 20.2 Å². The van der Waals surface area contributed by atoms with Crippen LogP contribution in [0, 0.1) is 0 Å². The first kappa shape index (κ1) is 12.5. The Kier molecular flexibility index (Phi) is 5.36. The van der Waals surface area contributed by atoms with Crippen LogP contribution in [0.1, 0.15) is 12.5 Å². The second-order valence-corrected chi connectivity index (χ2v) is 3.36. The molecule has 0 unspecified atom stereocenters. The fraction of sp³-hybridized carbons (Fsp3) is 0.417. The molecule has 1 rings (SSSR count). The molecule has 0 atom stereocenters. The second kappa shape index (κ2) is 6.85. The van der Waals surface area contributed by atoms with Gasteiger partial charge in [0, 0.05) is 13.6 Å². The lowest BCUT2D eigenvalue weighted by Crippen LogP contribution is -2.30. The lowest BCUT2D eigenvalue weighted by atomic mass is 10.2. The molecule has 16 heavy (non-hydrogen) atoms. The summed E-state index contributed by atoms with van der Waals surface area (Å²) in [4.78, 5) is 11.0. The van der Waals surface area contributed by atoms with Crippen molar-refractivity contribution in [1.29, 1.82) is 0 Å². The Bertz CT molecular complexity index is 340. The molecule has 0 aliphatic heterocycles. The van der Waals surface area contributed by atoms with Gasteiger partial charge in [0.05, 0.1) is 13.2 Å². The first-order chi connectivity index (χ1) is 7.76. The smallest absolute Gasteiger partial charge is 0.233 e. The van der Waals surface area contributed by atoms with Crippen molar-refractivity contribution in [2.24, 2.45) is 0 Å². The monoisotopic (exact) mass is 222 g/mol. The molecule has 4 nitrogen and oxygen atoms in total. The van der Waals surface area contributed by atoms with E-state index in [-0.39, 0.29) is 5.91 Å². The zero-order chi connectivity index (χ0) is 11.8. The van der Waals surface area contributed by atoms with Gasteiger partial charge in [-0.05, 0) is 24.6 Å². The van der Waals surface area contributed by atoms with Crippen LogP contribution in [0.3, 0.4) is 0 Å². The number of hydrogen-bond acceptors (Lipinski definition) is 3. The predicted molar refractivity (Wildman–Crippen MR) is 63.4 cm³/mol. The lowest BCUT2D eigenvalue weighted by Gasteiger charge is -2.07. The number of amides is 1. The molecule has 0 aliphatic carbocycles. The van der Waals surface area contributed by atoms with Gasteiger partial charge < -0.3 is 15.4 Å². The van der Waals surface area contributed by atoms with Crippen molar-refractivity contribution in [1.82, 2.24) is 10.6 Å². The van der Waals surface area contributed by atoms with Crippen molar-refractivity contribution in [3.05, 3.63) is 29.8 Å². The Hall–Kier alpha value is -1.55. The van der Waals surface area contributed by atoms with Gasteiger partial charge in [-0.25, -0.2) is 0 Å². The third-order valence-electron chi connectivity index (χ3n) is 2.10. The molecule has 0 aromatic heterocycles. The fourth-order valence-corrected chi connectivity index (χ4v) is 1.32. The molecule has 0 spiro atoms. The Labute approximate surface area is 96.0 Å². The third-order valence-corrected chi connectivity index (χ3v) is 2.10. The quantitative estimate of drug-likeness (QED) is 0.752. The van der Waals surface area contributed by atoms with E-state index in [0.717, 1.165) is 11.3 Å². The van der Waals surface area contributed by atoms with E-state index in [1.165, 1.54) is 0 Å². The van der Waals surface area contributed by atoms with E-state index in [9.17, 15) is 4.79 Å². The van der Waals surface area contributed by atoms with Crippen molar-refractivity contribution in [2.45, 2.75) is 13.5 Å². The van der Waals surface area contributed by atoms with Gasteiger partial charge in [-0.2, -0.15) is 0 Å². The molecule has 0 saturated heterocycles. The maximum Gasteiger partial charge on any atom is 0.233 e. The maximum atomic E-state index is 11.0. The highest BCUT2D eigenvalue weighted by Crippen LogP contribution is 2.12. The lowest BCUT2D eigenvalue weighted by molar-refractivity contribution is -0.119. The van der Waals surface area contributed by atoms with Gasteiger partial charge in [0.1, 0.15) is 5.75 Å². The van der Waals surface area contributed by atoms with E-state index in [0.29, 0.717) is 19.7 Å². The summed E-state index contributed by atoms with van der Waals surface area (Å²) in [5.74, 6) is 0.850. The number of hydrogen-bond donors (Lipinski definition) is 2. The van der Waals surface area contributed by atoms with Gasteiger partial charge in [0.25, 0.3) is 0 Å². The Morgan fingerprint density at radius 2 is 2.25 bits per heavy atom. The fourth-order valence-electron chi connectivity index (χ4n) is 1.32. The highest BCUT2D eigenvalue weighted by atomic mass is 16.5. The second-order valence-electron chi connectivity index (χ2n) is 3.36. The first-order valence-corrected chi connectivity index (χ1v) is 5.39. The normalized spacial score (nSPS) is 9.88. The number of likely N-dealkylation sites (N-methyl/N-ethyl adjacent to an activating group) is 1. The molecule has 1 aromatic rings. The summed E-state index contributed by atoms with van der Waals surface area (Å²) in [6, 6.07) is 7.84. The van der Waals surface area contributed by atoms with Crippen LogP contribution in [-0.4, -0.2) is 26.1 Å². The highest BCUT2D eigenvalue weighted by molar-refractivity contribution is 5.77. The molecule has 0 saturated carbocycles. The summed E-state index contributed by atoms with van der Waals surface area (Å²) in [7, 11) is 1.62. The summed E-state index contributed by atoms with van der Waals surface area (Å²) in [6.07, 6.45) is 0. The zero-order valence-corrected chi connectivity index (χ0v) is 9.75. The standard InChI is InChI=1S/C12H18N2O2/c1-3-16-11-6-4-5-10(7-11)8-14-9-12(15)13-2/h4-7,14H,3,8-9H2,1-2H3,(H,13,15). The van der Waals surface area contributed by atoms with Gasteiger partial charge in [-0.3, -0.25) is 4.79 Å². The van der Waals surface area contributed by atoms with Crippen LogP contribution in [0.25, 0.3) is 0 Å². The minimum absolute atomic E-state index is 0.0130. The molecule has 0 bridgehead atoms. The van der Waals surface area contributed by atoms with Gasteiger partial charge in [0.15, 0.2) is 0 Å². The number of benzene rings is 1. The molecule has 0 aliphatic rings. The van der Waals surface area contributed by atoms with Crippen LogP contribution < -0.4 is 15.4 Å². The maximum absolute atomic E-state index is 11.0. The summed E-state index contributed by atoms with van der Waals surface area (Å²) in [6.45, 7) is 3.61. The SMILES string of the molecule is CCOc1cccc(CNCC(=O)NC)c1. The number of nitrogens with one attached hydrogen (secondary N) is 2. The van der Waals surface area contributed by atoms with E-state index in [1.54, 1.807) is 7.05 Å². The van der Waals surface area contributed by atoms with E-state index >= 15 is 0 Å². The highest BCUT2D eigenvalue weighted by Gasteiger charge is 1.98. The van der Waals surface area contributed by atoms with E-state index in [2.05, 4.69) is 10.6 Å². The molecule has 2 N–H and O–H groups in total. The molecular weight excluding hydrogens is 204 g/mol. The van der Waals surface area contributed by atoms with Gasteiger partial charge in [-0.15, -0.1) is 0 Å². The number of carbonyl (C=O) groups is 1. The Balaban J connectivity index is 2.41. The van der Waals surface area contributed by atoms with Crippen LogP contribution in [0.15, 0.2) is 24.3 Å². The molecule has 0 radical (unpaired) electrons. The van der Waals surface area contributed by atoms with Crippen molar-refractivity contribution < 1.29 is 9.53 Å². The third kappa shape index (κ3) is 4.31. The van der Waals surface area contributed by atoms with Crippen LogP contribution in [0.5, 0.6) is 5.75 Å². The molecule has 0 heterocycles. The molecule has 88 valence electrons. The average molecular weight is 222 g/mol. The van der Waals surface area contributed by atoms with Gasteiger partial charge in [0.2, 0.25) is 5.91 Å². The molecule has 1 amide bonds. The number of carbonyl (C=O) groups excluding carboxylic acids is 1. The summed E-state index contributed by atoms with van der Waals surface area (Å²) >= 11 is 0. The minimum Gasteiger partial charge on any atom is -0.494 e. The predicted octanol–water partition coefficient (Wildman–Crippen LogP) is 0.921. The largest absolute Gasteiger partial charge is 0.494 e. The topological polar surface area (TPSA) is 50.4 Å². The Morgan fingerprint density at radius 1 is 1.44 bits per heavy atom. The molecule has 4 heteroatoms. The summed E-state index contributed by atoms with van der Waals surface area (Å²) < 4.78 is 5.39. The summed E-state index contributed by atoms with van der Waals surface area (Å²) in [5, 5.41) is 5.61. The van der Waals surface area contributed by atoms with Crippen LogP contribution in [0.4, 0.5) is 0 Å². The number of ether oxygens (including phenoxy) is 1. The minimum atomic E-state index is -0.0130. The van der Waals surface area contributed by atoms with Crippen molar-refractivity contribution in [3.8, 4) is 5.75 Å². The van der Waals surface area contributed by atoms with Crippen molar-refractivity contribution in [3.63, 3.8) is 0 Å². The number of rotatable bonds is 6. The van der Waals surface area contributed by atoms with E-state index in [4.69, 9.17) is 4.74 Å². The first-order valence-electron chi connectivity index (χ1n) is 5.39. The molecule has 1 aromatic carbocycles. The summed E-state index contributed by atoms with van der Waals surface area (Å²) in [5.41, 5.74) is 1.11. The van der Waals surface area contributed by atoms with Gasteiger partial charge >= 0.3 is 0 Å². The molecular formula is C12H18N2O2.